The lowest BCUT2D eigenvalue weighted by molar-refractivity contribution is -0.127. The molecule has 1 aromatic carbocycles. The molecule has 1 saturated heterocycles. The van der Waals surface area contributed by atoms with Crippen molar-refractivity contribution in [2.75, 3.05) is 24.5 Å². The summed E-state index contributed by atoms with van der Waals surface area (Å²) in [6.07, 6.45) is 2.60. The first kappa shape index (κ1) is 18.8. The summed E-state index contributed by atoms with van der Waals surface area (Å²) >= 11 is 0. The van der Waals surface area contributed by atoms with E-state index in [9.17, 15) is 18.0 Å². The third-order valence-corrected chi connectivity index (χ3v) is 6.41. The zero-order valence-electron chi connectivity index (χ0n) is 15.2. The molecule has 0 radical (unpaired) electrons. The lowest BCUT2D eigenvalue weighted by Gasteiger charge is -2.29. The average Bonchev–Trinajstić information content (AvgIpc) is 2.92. The highest BCUT2D eigenvalue weighted by Gasteiger charge is 2.32. The number of likely N-dealkylation sites (tertiary alicyclic amines) is 1. The molecule has 0 aliphatic carbocycles. The van der Waals surface area contributed by atoms with Crippen molar-refractivity contribution in [1.29, 1.82) is 0 Å². The normalized spacial score (nSPS) is 20.4. The maximum Gasteiger partial charge on any atom is 0.240 e. The summed E-state index contributed by atoms with van der Waals surface area (Å²) in [4.78, 5) is 27.3. The Hall–Kier alpha value is -1.93. The number of nitrogens with zero attached hydrogens (tertiary/aromatic N) is 2. The molecule has 0 aromatic heterocycles. The highest BCUT2D eigenvalue weighted by atomic mass is 32.2. The van der Waals surface area contributed by atoms with Gasteiger partial charge in [0.15, 0.2) is 0 Å². The summed E-state index contributed by atoms with van der Waals surface area (Å²) in [5.41, 5.74) is 1.65. The maximum atomic E-state index is 12.7. The molecule has 2 amide bonds. The Kier molecular flexibility index (Phi) is 5.34. The van der Waals surface area contributed by atoms with Crippen LogP contribution in [-0.2, 0) is 26.0 Å². The smallest absolute Gasteiger partial charge is 0.240 e. The Morgan fingerprint density at radius 2 is 2.12 bits per heavy atom. The van der Waals surface area contributed by atoms with Crippen LogP contribution in [0, 0.1) is 0 Å². The third kappa shape index (κ3) is 3.76. The topological polar surface area (TPSA) is 86.8 Å². The number of nitrogens with one attached hydrogen (secondary N) is 1. The van der Waals surface area contributed by atoms with Gasteiger partial charge < -0.3 is 9.80 Å². The Labute approximate surface area is 154 Å². The van der Waals surface area contributed by atoms with Gasteiger partial charge in [0.2, 0.25) is 21.8 Å². The van der Waals surface area contributed by atoms with Gasteiger partial charge in [0.1, 0.15) is 0 Å². The Morgan fingerprint density at radius 1 is 1.35 bits per heavy atom. The SMILES string of the molecule is CCCN1C[C@H](NS(=O)(=O)c2ccc3c(c2)CCCN3C(C)=O)CC1=O. The predicted molar refractivity (Wildman–Crippen MR) is 98.4 cm³/mol. The molecule has 0 bridgehead atoms. The van der Waals surface area contributed by atoms with Crippen LogP contribution >= 0.6 is 0 Å². The zero-order chi connectivity index (χ0) is 18.9. The van der Waals surface area contributed by atoms with E-state index in [1.54, 1.807) is 21.9 Å². The molecule has 1 N–H and O–H groups in total. The Morgan fingerprint density at radius 3 is 2.81 bits per heavy atom. The fourth-order valence-corrected chi connectivity index (χ4v) is 4.97. The fraction of sp³-hybridized carbons (Fsp3) is 0.556. The van der Waals surface area contributed by atoms with Gasteiger partial charge in [-0.15, -0.1) is 0 Å². The zero-order valence-corrected chi connectivity index (χ0v) is 16.0. The van der Waals surface area contributed by atoms with Crippen LogP contribution in [0.4, 0.5) is 5.69 Å². The predicted octanol–water partition coefficient (Wildman–Crippen LogP) is 1.27. The standard InChI is InChI=1S/C18H25N3O4S/c1-3-8-20-12-15(11-18(20)23)19-26(24,25)16-6-7-17-14(10-16)5-4-9-21(17)13(2)22/h6-7,10,15,19H,3-5,8-9,11-12H2,1-2H3/t15-/m1/s1. The second-order valence-electron chi connectivity index (χ2n) is 6.93. The average molecular weight is 379 g/mol. The van der Waals surface area contributed by atoms with Gasteiger partial charge >= 0.3 is 0 Å². The largest absolute Gasteiger partial charge is 0.341 e. The number of carbonyl (C=O) groups is 2. The first-order valence-corrected chi connectivity index (χ1v) is 10.5. The second kappa shape index (κ2) is 7.36. The van der Waals surface area contributed by atoms with Gasteiger partial charge in [-0.05, 0) is 43.0 Å². The molecule has 7 nitrogen and oxygen atoms in total. The molecule has 0 unspecified atom stereocenters. The number of benzene rings is 1. The van der Waals surface area contributed by atoms with Crippen molar-refractivity contribution < 1.29 is 18.0 Å². The molecule has 3 rings (SSSR count). The molecular weight excluding hydrogens is 354 g/mol. The summed E-state index contributed by atoms with van der Waals surface area (Å²) in [6.45, 7) is 5.22. The highest BCUT2D eigenvalue weighted by Crippen LogP contribution is 2.29. The highest BCUT2D eigenvalue weighted by molar-refractivity contribution is 7.89. The van der Waals surface area contributed by atoms with Crippen LogP contribution in [0.5, 0.6) is 0 Å². The monoisotopic (exact) mass is 379 g/mol. The molecule has 1 fully saturated rings. The summed E-state index contributed by atoms with van der Waals surface area (Å²) in [7, 11) is -3.71. The minimum atomic E-state index is -3.71. The molecule has 26 heavy (non-hydrogen) atoms. The number of carbonyl (C=O) groups excluding carboxylic acids is 2. The van der Waals surface area contributed by atoms with E-state index in [0.717, 1.165) is 30.5 Å². The van der Waals surface area contributed by atoms with Crippen molar-refractivity contribution in [1.82, 2.24) is 9.62 Å². The maximum absolute atomic E-state index is 12.7. The van der Waals surface area contributed by atoms with Crippen molar-refractivity contribution in [2.45, 2.75) is 50.5 Å². The fourth-order valence-electron chi connectivity index (χ4n) is 3.69. The van der Waals surface area contributed by atoms with E-state index in [-0.39, 0.29) is 23.1 Å². The van der Waals surface area contributed by atoms with Crippen LogP contribution < -0.4 is 9.62 Å². The van der Waals surface area contributed by atoms with Crippen LogP contribution in [0.3, 0.4) is 0 Å². The Bertz CT molecular complexity index is 822. The van der Waals surface area contributed by atoms with Crippen LogP contribution in [0.15, 0.2) is 23.1 Å². The van der Waals surface area contributed by atoms with Gasteiger partial charge in [-0.2, -0.15) is 0 Å². The number of aryl methyl sites for hydroxylation is 1. The van der Waals surface area contributed by atoms with Gasteiger partial charge in [-0.1, -0.05) is 6.92 Å². The van der Waals surface area contributed by atoms with Crippen molar-refractivity contribution in [3.05, 3.63) is 23.8 Å². The van der Waals surface area contributed by atoms with Crippen molar-refractivity contribution in [3.8, 4) is 0 Å². The van der Waals surface area contributed by atoms with Gasteiger partial charge in [0, 0.05) is 44.7 Å². The number of fused-ring (bicyclic) bond motifs is 1. The molecule has 1 atom stereocenters. The van der Waals surface area contributed by atoms with Crippen LogP contribution in [0.1, 0.15) is 38.7 Å². The van der Waals surface area contributed by atoms with Crippen molar-refractivity contribution >= 4 is 27.5 Å². The van der Waals surface area contributed by atoms with E-state index in [0.29, 0.717) is 19.6 Å². The van der Waals surface area contributed by atoms with E-state index >= 15 is 0 Å². The molecule has 2 aliphatic heterocycles. The van der Waals surface area contributed by atoms with Gasteiger partial charge in [-0.3, -0.25) is 9.59 Å². The molecule has 1 aromatic rings. The van der Waals surface area contributed by atoms with E-state index in [4.69, 9.17) is 0 Å². The summed E-state index contributed by atoms with van der Waals surface area (Å²) in [5, 5.41) is 0. The number of anilines is 1. The van der Waals surface area contributed by atoms with E-state index in [1.165, 1.54) is 13.0 Å². The van der Waals surface area contributed by atoms with E-state index < -0.39 is 16.1 Å². The summed E-state index contributed by atoms with van der Waals surface area (Å²) < 4.78 is 28.1. The number of hydrogen-bond acceptors (Lipinski definition) is 4. The number of hydrogen-bond donors (Lipinski definition) is 1. The molecule has 0 saturated carbocycles. The lowest BCUT2D eigenvalue weighted by atomic mass is 10.0. The van der Waals surface area contributed by atoms with Crippen LogP contribution in [-0.4, -0.2) is 50.8 Å². The number of rotatable bonds is 5. The molecule has 2 aliphatic rings. The molecule has 142 valence electrons. The molecular formula is C18H25N3O4S. The third-order valence-electron chi connectivity index (χ3n) is 4.89. The van der Waals surface area contributed by atoms with E-state index in [2.05, 4.69) is 4.72 Å². The van der Waals surface area contributed by atoms with E-state index in [1.807, 2.05) is 6.92 Å². The minimum absolute atomic E-state index is 0.0120. The Balaban J connectivity index is 1.78. The number of amides is 2. The molecule has 8 heteroatoms. The van der Waals surface area contributed by atoms with Crippen LogP contribution in [0.2, 0.25) is 0 Å². The van der Waals surface area contributed by atoms with Crippen molar-refractivity contribution in [2.24, 2.45) is 0 Å². The second-order valence-corrected chi connectivity index (χ2v) is 8.64. The summed E-state index contributed by atoms with van der Waals surface area (Å²) in [6, 6.07) is 4.48. The minimum Gasteiger partial charge on any atom is -0.341 e. The molecule has 2 heterocycles. The molecule has 0 spiro atoms. The lowest BCUT2D eigenvalue weighted by Crippen LogP contribution is -2.37. The first-order valence-electron chi connectivity index (χ1n) is 9.03. The van der Waals surface area contributed by atoms with Gasteiger partial charge in [0.05, 0.1) is 4.90 Å². The first-order chi connectivity index (χ1) is 12.3. The van der Waals surface area contributed by atoms with Crippen LogP contribution in [0.25, 0.3) is 0 Å². The quantitative estimate of drug-likeness (QED) is 0.835. The number of sulfonamides is 1. The van der Waals surface area contributed by atoms with Gasteiger partial charge in [-0.25, -0.2) is 13.1 Å². The van der Waals surface area contributed by atoms with Crippen molar-refractivity contribution in [3.63, 3.8) is 0 Å². The van der Waals surface area contributed by atoms with Gasteiger partial charge in [0.25, 0.3) is 0 Å². The summed E-state index contributed by atoms with van der Waals surface area (Å²) in [5.74, 6) is -0.0535.